The number of nitrogens with one attached hydrogen (secondary N) is 1. The minimum absolute atomic E-state index is 0.763. The summed E-state index contributed by atoms with van der Waals surface area (Å²) in [5, 5.41) is 4.42. The van der Waals surface area contributed by atoms with E-state index in [0.717, 1.165) is 23.8 Å². The highest BCUT2D eigenvalue weighted by atomic mass is 32.1. The molecule has 15 heavy (non-hydrogen) atoms. The average Bonchev–Trinajstić information content (AvgIpc) is 2.66. The maximum absolute atomic E-state index is 4.20. The second-order valence-electron chi connectivity index (χ2n) is 3.15. The zero-order chi connectivity index (χ0) is 10.5. The standard InChI is InChI=1S/C10H12N4S/c1-8-13-6-10(15-8)5-12-4-9-2-3-11-7-14-9/h2-3,6-7,12H,4-5H2,1H3. The van der Waals surface area contributed by atoms with Crippen molar-refractivity contribution in [1.82, 2.24) is 20.3 Å². The van der Waals surface area contributed by atoms with Crippen molar-refractivity contribution in [2.45, 2.75) is 20.0 Å². The lowest BCUT2D eigenvalue weighted by molar-refractivity contribution is 0.683. The lowest BCUT2D eigenvalue weighted by Gasteiger charge is -2.00. The molecule has 0 saturated carbocycles. The van der Waals surface area contributed by atoms with Crippen molar-refractivity contribution < 1.29 is 0 Å². The number of aromatic nitrogens is 3. The van der Waals surface area contributed by atoms with Crippen LogP contribution < -0.4 is 5.32 Å². The lowest BCUT2D eigenvalue weighted by atomic mass is 10.4. The highest BCUT2D eigenvalue weighted by Crippen LogP contribution is 2.10. The highest BCUT2D eigenvalue weighted by Gasteiger charge is 1.98. The van der Waals surface area contributed by atoms with Gasteiger partial charge in [0.15, 0.2) is 0 Å². The van der Waals surface area contributed by atoms with Crippen LogP contribution in [-0.4, -0.2) is 15.0 Å². The van der Waals surface area contributed by atoms with Crippen LogP contribution in [0.3, 0.4) is 0 Å². The van der Waals surface area contributed by atoms with E-state index in [1.807, 2.05) is 19.2 Å². The van der Waals surface area contributed by atoms with Crippen molar-refractivity contribution in [3.05, 3.63) is 40.4 Å². The number of hydrogen-bond donors (Lipinski definition) is 1. The van der Waals surface area contributed by atoms with E-state index in [-0.39, 0.29) is 0 Å². The van der Waals surface area contributed by atoms with E-state index in [0.29, 0.717) is 0 Å². The Labute approximate surface area is 92.4 Å². The van der Waals surface area contributed by atoms with Crippen molar-refractivity contribution >= 4 is 11.3 Å². The van der Waals surface area contributed by atoms with Crippen molar-refractivity contribution in [3.63, 3.8) is 0 Å². The van der Waals surface area contributed by atoms with Gasteiger partial charge in [-0.3, -0.25) is 0 Å². The van der Waals surface area contributed by atoms with Gasteiger partial charge in [-0.05, 0) is 13.0 Å². The minimum atomic E-state index is 0.763. The zero-order valence-electron chi connectivity index (χ0n) is 8.47. The number of rotatable bonds is 4. The van der Waals surface area contributed by atoms with Gasteiger partial charge in [-0.2, -0.15) is 0 Å². The number of nitrogens with zero attached hydrogens (tertiary/aromatic N) is 3. The maximum Gasteiger partial charge on any atom is 0.115 e. The third-order valence-electron chi connectivity index (χ3n) is 1.92. The molecule has 5 heteroatoms. The molecule has 0 spiro atoms. The monoisotopic (exact) mass is 220 g/mol. The van der Waals surface area contributed by atoms with E-state index in [4.69, 9.17) is 0 Å². The summed E-state index contributed by atoms with van der Waals surface area (Å²) >= 11 is 1.72. The van der Waals surface area contributed by atoms with Gasteiger partial charge in [0, 0.05) is 30.4 Å². The first-order valence-corrected chi connectivity index (χ1v) is 5.53. The lowest BCUT2D eigenvalue weighted by Crippen LogP contribution is -2.12. The van der Waals surface area contributed by atoms with Crippen molar-refractivity contribution in [2.75, 3.05) is 0 Å². The van der Waals surface area contributed by atoms with Crippen molar-refractivity contribution in [2.24, 2.45) is 0 Å². The second kappa shape index (κ2) is 4.95. The Morgan fingerprint density at radius 2 is 2.27 bits per heavy atom. The molecule has 0 radical (unpaired) electrons. The summed E-state index contributed by atoms with van der Waals surface area (Å²) in [7, 11) is 0. The molecule has 1 N–H and O–H groups in total. The number of hydrogen-bond acceptors (Lipinski definition) is 5. The fraction of sp³-hybridized carbons (Fsp3) is 0.300. The highest BCUT2D eigenvalue weighted by molar-refractivity contribution is 7.11. The minimum Gasteiger partial charge on any atom is -0.306 e. The van der Waals surface area contributed by atoms with E-state index in [1.54, 1.807) is 23.9 Å². The molecule has 0 unspecified atom stereocenters. The van der Waals surface area contributed by atoms with Gasteiger partial charge < -0.3 is 5.32 Å². The molecule has 0 aromatic carbocycles. The maximum atomic E-state index is 4.20. The van der Waals surface area contributed by atoms with E-state index >= 15 is 0 Å². The fourth-order valence-corrected chi connectivity index (χ4v) is 1.99. The van der Waals surface area contributed by atoms with E-state index in [1.165, 1.54) is 4.88 Å². The van der Waals surface area contributed by atoms with Gasteiger partial charge in [0.25, 0.3) is 0 Å². The molecule has 0 saturated heterocycles. The molecule has 0 aliphatic heterocycles. The molecule has 0 fully saturated rings. The summed E-state index contributed by atoms with van der Waals surface area (Å²) in [6.07, 6.45) is 5.22. The first-order valence-electron chi connectivity index (χ1n) is 4.71. The van der Waals surface area contributed by atoms with Crippen LogP contribution in [0.25, 0.3) is 0 Å². The first-order chi connectivity index (χ1) is 7.34. The van der Waals surface area contributed by atoms with Gasteiger partial charge in [0.1, 0.15) is 6.33 Å². The predicted octanol–water partition coefficient (Wildman–Crippen LogP) is 1.53. The van der Waals surface area contributed by atoms with Crippen LogP contribution in [0.15, 0.2) is 24.8 Å². The van der Waals surface area contributed by atoms with Crippen molar-refractivity contribution in [3.8, 4) is 0 Å². The molecule has 0 aliphatic rings. The Balaban J connectivity index is 1.80. The van der Waals surface area contributed by atoms with E-state index < -0.39 is 0 Å². The molecule has 2 rings (SSSR count). The molecular formula is C10H12N4S. The normalized spacial score (nSPS) is 10.5. The van der Waals surface area contributed by atoms with Crippen LogP contribution >= 0.6 is 11.3 Å². The summed E-state index contributed by atoms with van der Waals surface area (Å²) in [5.74, 6) is 0. The zero-order valence-corrected chi connectivity index (χ0v) is 9.29. The summed E-state index contributed by atoms with van der Waals surface area (Å²) in [4.78, 5) is 13.4. The van der Waals surface area contributed by atoms with Gasteiger partial charge in [-0.1, -0.05) is 0 Å². The van der Waals surface area contributed by atoms with Crippen molar-refractivity contribution in [1.29, 1.82) is 0 Å². The average molecular weight is 220 g/mol. The van der Waals surface area contributed by atoms with Crippen LogP contribution in [0.4, 0.5) is 0 Å². The quantitative estimate of drug-likeness (QED) is 0.849. The Kier molecular flexibility index (Phi) is 3.37. The molecule has 2 heterocycles. The topological polar surface area (TPSA) is 50.7 Å². The molecule has 2 aromatic rings. The van der Waals surface area contributed by atoms with Crippen LogP contribution in [-0.2, 0) is 13.1 Å². The molecule has 0 atom stereocenters. The smallest absolute Gasteiger partial charge is 0.115 e. The molecule has 0 amide bonds. The first kappa shape index (κ1) is 10.2. The van der Waals surface area contributed by atoms with Gasteiger partial charge >= 0.3 is 0 Å². The summed E-state index contributed by atoms with van der Waals surface area (Å²) in [6.45, 7) is 3.62. The molecule has 0 bridgehead atoms. The van der Waals surface area contributed by atoms with Crippen LogP contribution in [0, 0.1) is 6.92 Å². The molecule has 2 aromatic heterocycles. The third kappa shape index (κ3) is 3.07. The fourth-order valence-electron chi connectivity index (χ4n) is 1.22. The Bertz CT molecular complexity index is 412. The number of thiazole rings is 1. The summed E-state index contributed by atoms with van der Waals surface area (Å²) in [6, 6.07) is 1.91. The van der Waals surface area contributed by atoms with Crippen LogP contribution in [0.1, 0.15) is 15.6 Å². The van der Waals surface area contributed by atoms with Gasteiger partial charge in [-0.15, -0.1) is 11.3 Å². The summed E-state index contributed by atoms with van der Waals surface area (Å²) in [5.41, 5.74) is 1.01. The predicted molar refractivity (Wildman–Crippen MR) is 59.4 cm³/mol. The summed E-state index contributed by atoms with van der Waals surface area (Å²) < 4.78 is 0. The molecule has 0 aliphatic carbocycles. The van der Waals surface area contributed by atoms with Gasteiger partial charge in [-0.25, -0.2) is 15.0 Å². The number of aryl methyl sites for hydroxylation is 1. The molecule has 78 valence electrons. The Morgan fingerprint density at radius 3 is 2.93 bits per heavy atom. The second-order valence-corrected chi connectivity index (χ2v) is 4.47. The Morgan fingerprint density at radius 1 is 1.33 bits per heavy atom. The molecular weight excluding hydrogens is 208 g/mol. The SMILES string of the molecule is Cc1ncc(CNCc2ccncn2)s1. The van der Waals surface area contributed by atoms with Crippen LogP contribution in [0.5, 0.6) is 0 Å². The van der Waals surface area contributed by atoms with Gasteiger partial charge in [0.2, 0.25) is 0 Å². The van der Waals surface area contributed by atoms with E-state index in [9.17, 15) is 0 Å². The third-order valence-corrected chi connectivity index (χ3v) is 2.83. The molecule has 4 nitrogen and oxygen atoms in total. The largest absolute Gasteiger partial charge is 0.306 e. The van der Waals surface area contributed by atoms with E-state index in [2.05, 4.69) is 20.3 Å². The van der Waals surface area contributed by atoms with Crippen LogP contribution in [0.2, 0.25) is 0 Å². The van der Waals surface area contributed by atoms with Gasteiger partial charge in [0.05, 0.1) is 10.7 Å². The Hall–Kier alpha value is -1.33.